The summed E-state index contributed by atoms with van der Waals surface area (Å²) in [5.41, 5.74) is 2.56. The minimum atomic E-state index is -2.90. The molecule has 20 heavy (non-hydrogen) atoms. The Hall–Kier alpha value is -1.41. The average Bonchev–Trinajstić information content (AvgIpc) is 3.21. The Balaban J connectivity index is 1.87. The average molecular weight is 297 g/mol. The van der Waals surface area contributed by atoms with E-state index in [1.807, 2.05) is 11.9 Å². The maximum Gasteiger partial charge on any atom is 0.152 e. The molecule has 1 aromatic heterocycles. The third kappa shape index (κ3) is 2.71. The zero-order chi connectivity index (χ0) is 14.3. The number of aromatic nitrogens is 2. The summed E-state index contributed by atoms with van der Waals surface area (Å²) in [5, 5.41) is 0. The lowest BCUT2D eigenvalue weighted by Gasteiger charge is -2.25. The van der Waals surface area contributed by atoms with Crippen molar-refractivity contribution in [3.05, 3.63) is 11.9 Å². The first kappa shape index (κ1) is 13.6. The van der Waals surface area contributed by atoms with Crippen LogP contribution in [-0.2, 0) is 9.84 Å². The van der Waals surface area contributed by atoms with E-state index in [-0.39, 0.29) is 17.5 Å². The van der Waals surface area contributed by atoms with Gasteiger partial charge in [-0.2, -0.15) is 0 Å². The van der Waals surface area contributed by atoms with E-state index >= 15 is 0 Å². The molecule has 8 heteroatoms. The summed E-state index contributed by atoms with van der Waals surface area (Å²) in [5.74, 6) is 8.42. The second-order valence-electron chi connectivity index (χ2n) is 5.56. The van der Waals surface area contributed by atoms with Crippen molar-refractivity contribution in [3.8, 4) is 0 Å². The van der Waals surface area contributed by atoms with Gasteiger partial charge in [0.1, 0.15) is 17.5 Å². The standard InChI is InChI=1S/C12H19N5O2S/c1-17(9-4-5-20(18,19)7-9)11-6-10(16-13)14-12(15-11)8-2-3-8/h6,8-9H,2-5,7,13H2,1H3,(H,14,15,16). The highest BCUT2D eigenvalue weighted by atomic mass is 32.2. The predicted octanol–water partition coefficient (Wildman–Crippen LogP) is 0.263. The fraction of sp³-hybridized carbons (Fsp3) is 0.667. The van der Waals surface area contributed by atoms with E-state index in [1.165, 1.54) is 0 Å². The molecule has 3 rings (SSSR count). The number of nitrogens with one attached hydrogen (secondary N) is 1. The normalized spacial score (nSPS) is 24.6. The third-order valence-electron chi connectivity index (χ3n) is 3.94. The quantitative estimate of drug-likeness (QED) is 0.607. The van der Waals surface area contributed by atoms with Crippen molar-refractivity contribution in [2.75, 3.05) is 28.9 Å². The van der Waals surface area contributed by atoms with Gasteiger partial charge in [0.05, 0.1) is 11.5 Å². The largest absolute Gasteiger partial charge is 0.355 e. The molecular weight excluding hydrogens is 278 g/mol. The molecule has 1 unspecified atom stereocenters. The topological polar surface area (TPSA) is 101 Å². The number of nitrogen functional groups attached to an aromatic ring is 1. The highest BCUT2D eigenvalue weighted by Crippen LogP contribution is 2.39. The predicted molar refractivity (Wildman–Crippen MR) is 77.3 cm³/mol. The van der Waals surface area contributed by atoms with Crippen LogP contribution in [0.5, 0.6) is 0 Å². The van der Waals surface area contributed by atoms with E-state index in [9.17, 15) is 8.42 Å². The number of nitrogens with two attached hydrogens (primary N) is 1. The molecule has 1 saturated heterocycles. The van der Waals surface area contributed by atoms with Crippen molar-refractivity contribution < 1.29 is 8.42 Å². The van der Waals surface area contributed by atoms with Gasteiger partial charge in [0.15, 0.2) is 9.84 Å². The summed E-state index contributed by atoms with van der Waals surface area (Å²) < 4.78 is 23.2. The van der Waals surface area contributed by atoms with Crippen molar-refractivity contribution >= 4 is 21.5 Å². The van der Waals surface area contributed by atoms with Crippen molar-refractivity contribution in [1.29, 1.82) is 0 Å². The van der Waals surface area contributed by atoms with Gasteiger partial charge >= 0.3 is 0 Å². The zero-order valence-electron chi connectivity index (χ0n) is 11.4. The van der Waals surface area contributed by atoms with E-state index in [0.29, 0.717) is 18.2 Å². The molecule has 0 bridgehead atoms. The third-order valence-corrected chi connectivity index (χ3v) is 5.69. The highest BCUT2D eigenvalue weighted by Gasteiger charge is 2.32. The molecule has 3 N–H and O–H groups in total. The van der Waals surface area contributed by atoms with E-state index in [1.54, 1.807) is 6.07 Å². The summed E-state index contributed by atoms with van der Waals surface area (Å²) in [4.78, 5) is 10.8. The summed E-state index contributed by atoms with van der Waals surface area (Å²) in [6.45, 7) is 0. The maximum atomic E-state index is 11.6. The number of rotatable bonds is 4. The van der Waals surface area contributed by atoms with E-state index in [0.717, 1.165) is 24.5 Å². The zero-order valence-corrected chi connectivity index (χ0v) is 12.2. The summed E-state index contributed by atoms with van der Waals surface area (Å²) in [7, 11) is -1.02. The molecule has 1 aliphatic heterocycles. The second-order valence-corrected chi connectivity index (χ2v) is 7.78. The molecule has 110 valence electrons. The van der Waals surface area contributed by atoms with Crippen LogP contribution >= 0.6 is 0 Å². The second kappa shape index (κ2) is 4.85. The van der Waals surface area contributed by atoms with Gasteiger partial charge in [0.2, 0.25) is 0 Å². The summed E-state index contributed by atoms with van der Waals surface area (Å²) in [6.07, 6.45) is 2.86. The molecule has 1 aliphatic carbocycles. The highest BCUT2D eigenvalue weighted by molar-refractivity contribution is 7.91. The molecule has 2 heterocycles. The molecular formula is C12H19N5O2S. The van der Waals surface area contributed by atoms with Gasteiger partial charge in [-0.3, -0.25) is 0 Å². The molecule has 2 aliphatic rings. The van der Waals surface area contributed by atoms with Crippen LogP contribution in [0.3, 0.4) is 0 Å². The van der Waals surface area contributed by atoms with Crippen molar-refractivity contribution in [3.63, 3.8) is 0 Å². The van der Waals surface area contributed by atoms with Crippen molar-refractivity contribution in [1.82, 2.24) is 9.97 Å². The molecule has 0 aromatic carbocycles. The number of sulfone groups is 1. The summed E-state index contributed by atoms with van der Waals surface area (Å²) in [6, 6.07) is 1.74. The number of hydrogen-bond acceptors (Lipinski definition) is 7. The molecule has 0 spiro atoms. The van der Waals surface area contributed by atoms with E-state index in [2.05, 4.69) is 15.4 Å². The molecule has 0 radical (unpaired) electrons. The van der Waals surface area contributed by atoms with Crippen LogP contribution in [0.4, 0.5) is 11.6 Å². The number of nitrogens with zero attached hydrogens (tertiary/aromatic N) is 3. The van der Waals surface area contributed by atoms with Gasteiger partial charge in [-0.25, -0.2) is 24.2 Å². The van der Waals surface area contributed by atoms with Gasteiger partial charge in [0, 0.05) is 25.1 Å². The Morgan fingerprint density at radius 2 is 2.10 bits per heavy atom. The van der Waals surface area contributed by atoms with Crippen LogP contribution in [0.2, 0.25) is 0 Å². The van der Waals surface area contributed by atoms with Gasteiger partial charge in [0.25, 0.3) is 0 Å². The van der Waals surface area contributed by atoms with E-state index < -0.39 is 9.84 Å². The molecule has 7 nitrogen and oxygen atoms in total. The van der Waals surface area contributed by atoms with Crippen LogP contribution in [0.15, 0.2) is 6.07 Å². The lowest BCUT2D eigenvalue weighted by atomic mass is 10.2. The summed E-state index contributed by atoms with van der Waals surface area (Å²) >= 11 is 0. The smallest absolute Gasteiger partial charge is 0.152 e. The molecule has 1 aromatic rings. The number of hydrazine groups is 1. The minimum absolute atomic E-state index is 0.0208. The molecule has 0 amide bonds. The molecule has 1 atom stereocenters. The Labute approximate surface area is 118 Å². The van der Waals surface area contributed by atoms with Gasteiger partial charge < -0.3 is 10.3 Å². The van der Waals surface area contributed by atoms with Crippen LogP contribution in [0.1, 0.15) is 31.0 Å². The van der Waals surface area contributed by atoms with Gasteiger partial charge in [-0.15, -0.1) is 0 Å². The fourth-order valence-electron chi connectivity index (χ4n) is 2.50. The lowest BCUT2D eigenvalue weighted by molar-refractivity contribution is 0.600. The van der Waals surface area contributed by atoms with Crippen LogP contribution in [0, 0.1) is 0 Å². The van der Waals surface area contributed by atoms with Crippen molar-refractivity contribution in [2.24, 2.45) is 5.84 Å². The van der Waals surface area contributed by atoms with Crippen molar-refractivity contribution in [2.45, 2.75) is 31.2 Å². The van der Waals surface area contributed by atoms with E-state index in [4.69, 9.17) is 5.84 Å². The Morgan fingerprint density at radius 3 is 2.65 bits per heavy atom. The Bertz CT molecular complexity index is 614. The number of hydrogen-bond donors (Lipinski definition) is 2. The molecule has 1 saturated carbocycles. The Kier molecular flexibility index (Phi) is 3.29. The van der Waals surface area contributed by atoms with Crippen LogP contribution in [-0.4, -0.2) is 43.0 Å². The number of anilines is 2. The fourth-order valence-corrected chi connectivity index (χ4v) is 4.27. The van der Waals surface area contributed by atoms with Crippen LogP contribution in [0.25, 0.3) is 0 Å². The van der Waals surface area contributed by atoms with Gasteiger partial charge in [-0.1, -0.05) is 0 Å². The SMILES string of the molecule is CN(c1cc(NN)nc(C2CC2)n1)C1CCS(=O)(=O)C1. The first-order chi connectivity index (χ1) is 9.48. The maximum absolute atomic E-state index is 11.6. The lowest BCUT2D eigenvalue weighted by Crippen LogP contribution is -2.33. The Morgan fingerprint density at radius 1 is 1.35 bits per heavy atom. The van der Waals surface area contributed by atoms with Gasteiger partial charge in [-0.05, 0) is 19.3 Å². The molecule has 2 fully saturated rings. The van der Waals surface area contributed by atoms with Crippen LogP contribution < -0.4 is 16.2 Å². The first-order valence-corrected chi connectivity index (χ1v) is 8.59. The minimum Gasteiger partial charge on any atom is -0.355 e. The first-order valence-electron chi connectivity index (χ1n) is 6.77. The monoisotopic (exact) mass is 297 g/mol.